The van der Waals surface area contributed by atoms with Crippen LogP contribution in [0.1, 0.15) is 50.3 Å². The van der Waals surface area contributed by atoms with Crippen molar-refractivity contribution in [2.45, 2.75) is 64.5 Å². The summed E-state index contributed by atoms with van der Waals surface area (Å²) < 4.78 is 5.93. The minimum atomic E-state index is -0.522. The molecule has 1 aliphatic carbocycles. The Morgan fingerprint density at radius 3 is 2.50 bits per heavy atom. The van der Waals surface area contributed by atoms with Gasteiger partial charge in [0.15, 0.2) is 6.10 Å². The van der Waals surface area contributed by atoms with E-state index in [2.05, 4.69) is 29.6 Å². The predicted molar refractivity (Wildman–Crippen MR) is 106 cm³/mol. The molecule has 0 heterocycles. The number of rotatable bonds is 6. The molecule has 1 amide bonds. The van der Waals surface area contributed by atoms with Gasteiger partial charge in [-0.15, -0.1) is 0 Å². The van der Waals surface area contributed by atoms with Crippen molar-refractivity contribution in [2.24, 2.45) is 0 Å². The lowest BCUT2D eigenvalue weighted by molar-refractivity contribution is -0.128. The van der Waals surface area contributed by atoms with Crippen molar-refractivity contribution in [3.8, 4) is 5.75 Å². The van der Waals surface area contributed by atoms with Crippen molar-refractivity contribution in [1.29, 1.82) is 0 Å². The monoisotopic (exact) mass is 351 g/mol. The smallest absolute Gasteiger partial charge is 0.261 e. The quantitative estimate of drug-likeness (QED) is 0.834. The van der Waals surface area contributed by atoms with Gasteiger partial charge >= 0.3 is 0 Å². The van der Waals surface area contributed by atoms with Gasteiger partial charge in [-0.05, 0) is 81.7 Å². The van der Waals surface area contributed by atoms with E-state index in [1.165, 1.54) is 29.5 Å². The normalized spacial score (nSPS) is 15.0. The fourth-order valence-corrected chi connectivity index (χ4v) is 3.63. The fraction of sp³-hybridized carbons (Fsp3) is 0.435. The average molecular weight is 351 g/mol. The van der Waals surface area contributed by atoms with Crippen LogP contribution in [0.2, 0.25) is 0 Å². The number of fused-ring (bicyclic) bond motifs is 1. The summed E-state index contributed by atoms with van der Waals surface area (Å²) in [6, 6.07) is 16.5. The van der Waals surface area contributed by atoms with Crippen molar-refractivity contribution in [2.75, 3.05) is 0 Å². The van der Waals surface area contributed by atoms with Crippen molar-refractivity contribution in [1.82, 2.24) is 5.32 Å². The third-order valence-electron chi connectivity index (χ3n) is 4.95. The van der Waals surface area contributed by atoms with Crippen LogP contribution in [0, 0.1) is 0 Å². The summed E-state index contributed by atoms with van der Waals surface area (Å²) in [5, 5.41) is 3.12. The van der Waals surface area contributed by atoms with Crippen LogP contribution >= 0.6 is 0 Å². The molecule has 26 heavy (non-hydrogen) atoms. The maximum absolute atomic E-state index is 12.6. The zero-order valence-electron chi connectivity index (χ0n) is 16.0. The van der Waals surface area contributed by atoms with Gasteiger partial charge in [0.25, 0.3) is 5.91 Å². The second-order valence-electron chi connectivity index (χ2n) is 7.93. The molecule has 0 bridgehead atoms. The van der Waals surface area contributed by atoms with Crippen LogP contribution in [0.25, 0.3) is 0 Å². The van der Waals surface area contributed by atoms with Gasteiger partial charge in [0.05, 0.1) is 0 Å². The Balaban J connectivity index is 1.59. The number of hydrogen-bond acceptors (Lipinski definition) is 2. The van der Waals surface area contributed by atoms with Crippen molar-refractivity contribution in [3.05, 3.63) is 65.2 Å². The van der Waals surface area contributed by atoms with Crippen LogP contribution in [0.15, 0.2) is 48.5 Å². The number of aryl methyl sites for hydroxylation is 2. The maximum atomic E-state index is 12.6. The van der Waals surface area contributed by atoms with E-state index >= 15 is 0 Å². The first-order valence-electron chi connectivity index (χ1n) is 9.57. The first-order chi connectivity index (χ1) is 12.4. The lowest BCUT2D eigenvalue weighted by atomic mass is 9.92. The first kappa shape index (κ1) is 18.5. The summed E-state index contributed by atoms with van der Waals surface area (Å²) in [6.07, 6.45) is 5.02. The number of carbonyl (C=O) groups excluding carboxylic acids is 1. The van der Waals surface area contributed by atoms with Crippen LogP contribution in [-0.2, 0) is 24.1 Å². The Morgan fingerprint density at radius 1 is 1.08 bits per heavy atom. The summed E-state index contributed by atoms with van der Waals surface area (Å²) in [5.41, 5.74) is 3.67. The highest BCUT2D eigenvalue weighted by atomic mass is 16.5. The first-order valence-corrected chi connectivity index (χ1v) is 9.57. The van der Waals surface area contributed by atoms with Gasteiger partial charge in [0.2, 0.25) is 0 Å². The lowest BCUT2D eigenvalue weighted by Gasteiger charge is -2.28. The molecule has 3 heteroatoms. The zero-order chi connectivity index (χ0) is 18.6. The van der Waals surface area contributed by atoms with Crippen LogP contribution in [0.3, 0.4) is 0 Å². The Kier molecular flexibility index (Phi) is 5.65. The molecule has 0 spiro atoms. The Labute approximate surface area is 156 Å². The molecule has 0 aliphatic heterocycles. The van der Waals surface area contributed by atoms with E-state index in [-0.39, 0.29) is 11.4 Å². The van der Waals surface area contributed by atoms with E-state index < -0.39 is 6.10 Å². The Morgan fingerprint density at radius 2 is 1.77 bits per heavy atom. The van der Waals surface area contributed by atoms with E-state index in [4.69, 9.17) is 4.74 Å². The molecule has 0 aromatic heterocycles. The van der Waals surface area contributed by atoms with Gasteiger partial charge in [-0.25, -0.2) is 0 Å². The molecule has 0 radical (unpaired) electrons. The molecule has 138 valence electrons. The van der Waals surface area contributed by atoms with Gasteiger partial charge in [-0.1, -0.05) is 36.4 Å². The SMILES string of the molecule is C[C@H](Oc1ccc2c(c1)CCCC2)C(=O)NC(C)(C)Cc1ccccc1. The molecule has 0 fully saturated rings. The predicted octanol–water partition coefficient (Wildman–Crippen LogP) is 4.47. The van der Waals surface area contributed by atoms with Crippen molar-refractivity contribution < 1.29 is 9.53 Å². The van der Waals surface area contributed by atoms with Gasteiger partial charge in [0, 0.05) is 5.54 Å². The largest absolute Gasteiger partial charge is 0.481 e. The summed E-state index contributed by atoms with van der Waals surface area (Å²) in [7, 11) is 0. The van der Waals surface area contributed by atoms with Gasteiger partial charge in [-0.2, -0.15) is 0 Å². The number of ether oxygens (including phenoxy) is 1. The van der Waals surface area contributed by atoms with Crippen LogP contribution in [0.4, 0.5) is 0 Å². The molecule has 3 rings (SSSR count). The minimum absolute atomic E-state index is 0.0800. The molecule has 1 atom stereocenters. The van der Waals surface area contributed by atoms with E-state index in [9.17, 15) is 4.79 Å². The van der Waals surface area contributed by atoms with Gasteiger partial charge < -0.3 is 10.1 Å². The molecular weight excluding hydrogens is 322 g/mol. The molecule has 0 saturated heterocycles. The summed E-state index contributed by atoms with van der Waals surface area (Å²) >= 11 is 0. The Hall–Kier alpha value is -2.29. The topological polar surface area (TPSA) is 38.3 Å². The minimum Gasteiger partial charge on any atom is -0.481 e. The third kappa shape index (κ3) is 4.87. The summed E-state index contributed by atoms with van der Waals surface area (Å²) in [6.45, 7) is 5.90. The third-order valence-corrected chi connectivity index (χ3v) is 4.95. The summed E-state index contributed by atoms with van der Waals surface area (Å²) in [5.74, 6) is 0.706. The average Bonchev–Trinajstić information content (AvgIpc) is 2.61. The number of hydrogen-bond donors (Lipinski definition) is 1. The molecule has 0 saturated carbocycles. The molecule has 1 N–H and O–H groups in total. The highest BCUT2D eigenvalue weighted by Crippen LogP contribution is 2.26. The second kappa shape index (κ2) is 7.94. The Bertz CT molecular complexity index is 752. The van der Waals surface area contributed by atoms with E-state index in [0.717, 1.165) is 25.0 Å². The van der Waals surface area contributed by atoms with E-state index in [1.807, 2.05) is 45.0 Å². The van der Waals surface area contributed by atoms with Gasteiger partial charge in [0.1, 0.15) is 5.75 Å². The van der Waals surface area contributed by atoms with E-state index in [1.54, 1.807) is 0 Å². The summed E-state index contributed by atoms with van der Waals surface area (Å²) in [4.78, 5) is 12.6. The number of nitrogens with one attached hydrogen (secondary N) is 1. The zero-order valence-corrected chi connectivity index (χ0v) is 16.0. The fourth-order valence-electron chi connectivity index (χ4n) is 3.63. The van der Waals surface area contributed by atoms with Gasteiger partial charge in [-0.3, -0.25) is 4.79 Å². The molecule has 0 unspecified atom stereocenters. The molecule has 3 nitrogen and oxygen atoms in total. The molecule has 1 aliphatic rings. The van der Waals surface area contributed by atoms with Crippen LogP contribution in [0.5, 0.6) is 5.75 Å². The van der Waals surface area contributed by atoms with Crippen molar-refractivity contribution >= 4 is 5.91 Å². The highest BCUT2D eigenvalue weighted by Gasteiger charge is 2.25. The second-order valence-corrected chi connectivity index (χ2v) is 7.93. The molecular formula is C23H29NO2. The standard InChI is InChI=1S/C23H29NO2/c1-17(26-21-14-13-19-11-7-8-12-20(19)15-21)22(25)24-23(2,3)16-18-9-5-4-6-10-18/h4-6,9-10,13-15,17H,7-8,11-12,16H2,1-3H3,(H,24,25)/t17-/m0/s1. The number of benzene rings is 2. The van der Waals surface area contributed by atoms with Crippen LogP contribution in [-0.4, -0.2) is 17.6 Å². The highest BCUT2D eigenvalue weighted by molar-refractivity contribution is 5.81. The lowest BCUT2D eigenvalue weighted by Crippen LogP contribution is -2.49. The van der Waals surface area contributed by atoms with Crippen LogP contribution < -0.4 is 10.1 Å². The molecule has 2 aromatic rings. The van der Waals surface area contributed by atoms with Crippen molar-refractivity contribution in [3.63, 3.8) is 0 Å². The number of carbonyl (C=O) groups is 1. The van der Waals surface area contributed by atoms with E-state index in [0.29, 0.717) is 0 Å². The molecule has 2 aromatic carbocycles. The number of amides is 1. The maximum Gasteiger partial charge on any atom is 0.261 e.